The Labute approximate surface area is 122 Å². The summed E-state index contributed by atoms with van der Waals surface area (Å²) in [7, 11) is 1.94. The van der Waals surface area contributed by atoms with Crippen LogP contribution in [0.25, 0.3) is 10.9 Å². The first-order chi connectivity index (χ1) is 9.65. The van der Waals surface area contributed by atoms with Gasteiger partial charge in [0.15, 0.2) is 0 Å². The fraction of sp³-hybridized carbons (Fsp3) is 0.471. The highest BCUT2D eigenvalue weighted by atomic mass is 15.1. The molecule has 0 aliphatic carbocycles. The van der Waals surface area contributed by atoms with E-state index in [1.165, 1.54) is 17.4 Å². The van der Waals surface area contributed by atoms with Crippen LogP contribution in [-0.2, 0) is 6.54 Å². The lowest BCUT2D eigenvalue weighted by Crippen LogP contribution is -2.31. The highest BCUT2D eigenvalue weighted by molar-refractivity contribution is 5.81. The molecule has 1 heterocycles. The Morgan fingerprint density at radius 1 is 1.25 bits per heavy atom. The highest BCUT2D eigenvalue weighted by Crippen LogP contribution is 2.22. The summed E-state index contributed by atoms with van der Waals surface area (Å²) in [5, 5.41) is 4.45. The summed E-state index contributed by atoms with van der Waals surface area (Å²) in [6, 6.07) is 11.1. The molecule has 3 heteroatoms. The monoisotopic (exact) mass is 271 g/mol. The molecule has 1 N–H and O–H groups in total. The number of fused-ring (bicyclic) bond motifs is 1. The summed E-state index contributed by atoms with van der Waals surface area (Å²) in [4.78, 5) is 7.22. The third kappa shape index (κ3) is 3.28. The SMILES string of the molecule is CCCN(Cc1cc2ccccc2nc1NC)C(C)C. The number of nitrogens with zero attached hydrogens (tertiary/aromatic N) is 2. The van der Waals surface area contributed by atoms with Crippen LogP contribution >= 0.6 is 0 Å². The quantitative estimate of drug-likeness (QED) is 0.863. The van der Waals surface area contributed by atoms with E-state index in [4.69, 9.17) is 4.98 Å². The predicted molar refractivity (Wildman–Crippen MR) is 87.1 cm³/mol. The van der Waals surface area contributed by atoms with Crippen LogP contribution in [0.2, 0.25) is 0 Å². The maximum Gasteiger partial charge on any atom is 0.130 e. The van der Waals surface area contributed by atoms with Crippen LogP contribution in [0.3, 0.4) is 0 Å². The number of para-hydroxylation sites is 1. The molecule has 0 amide bonds. The van der Waals surface area contributed by atoms with Crippen molar-refractivity contribution < 1.29 is 0 Å². The van der Waals surface area contributed by atoms with Gasteiger partial charge in [-0.15, -0.1) is 0 Å². The highest BCUT2D eigenvalue weighted by Gasteiger charge is 2.13. The molecule has 0 saturated heterocycles. The molecular formula is C17H25N3. The van der Waals surface area contributed by atoms with E-state index >= 15 is 0 Å². The molecule has 20 heavy (non-hydrogen) atoms. The third-order valence-corrected chi connectivity index (χ3v) is 3.65. The summed E-state index contributed by atoms with van der Waals surface area (Å²) in [5.41, 5.74) is 2.32. The third-order valence-electron chi connectivity index (χ3n) is 3.65. The van der Waals surface area contributed by atoms with Gasteiger partial charge >= 0.3 is 0 Å². The molecule has 0 radical (unpaired) electrons. The molecule has 2 aromatic rings. The van der Waals surface area contributed by atoms with Gasteiger partial charge < -0.3 is 5.32 Å². The van der Waals surface area contributed by atoms with Gasteiger partial charge in [0.25, 0.3) is 0 Å². The molecule has 0 saturated carbocycles. The Kier molecular flexibility index (Phi) is 4.96. The number of benzene rings is 1. The maximum atomic E-state index is 4.73. The molecule has 0 aliphatic rings. The molecule has 2 rings (SSSR count). The van der Waals surface area contributed by atoms with Gasteiger partial charge in [0.2, 0.25) is 0 Å². The van der Waals surface area contributed by atoms with Gasteiger partial charge in [-0.2, -0.15) is 0 Å². The van der Waals surface area contributed by atoms with E-state index in [0.717, 1.165) is 24.4 Å². The van der Waals surface area contributed by atoms with E-state index in [1.54, 1.807) is 0 Å². The fourth-order valence-corrected chi connectivity index (χ4v) is 2.52. The van der Waals surface area contributed by atoms with E-state index in [-0.39, 0.29) is 0 Å². The largest absolute Gasteiger partial charge is 0.373 e. The lowest BCUT2D eigenvalue weighted by Gasteiger charge is -2.26. The van der Waals surface area contributed by atoms with Crippen molar-refractivity contribution >= 4 is 16.7 Å². The van der Waals surface area contributed by atoms with E-state index in [2.05, 4.69) is 55.3 Å². The second kappa shape index (κ2) is 6.71. The second-order valence-corrected chi connectivity index (χ2v) is 5.50. The Morgan fingerprint density at radius 2 is 2.00 bits per heavy atom. The van der Waals surface area contributed by atoms with E-state index in [1.807, 2.05) is 13.1 Å². The molecule has 3 nitrogen and oxygen atoms in total. The standard InChI is InChI=1S/C17H25N3/c1-5-10-20(13(2)3)12-15-11-14-8-6-7-9-16(14)19-17(15)18-4/h6-9,11,13H,5,10,12H2,1-4H3,(H,18,19). The minimum absolute atomic E-state index is 0.547. The topological polar surface area (TPSA) is 28.2 Å². The number of rotatable bonds is 6. The van der Waals surface area contributed by atoms with E-state index < -0.39 is 0 Å². The van der Waals surface area contributed by atoms with Crippen molar-refractivity contribution in [2.24, 2.45) is 0 Å². The zero-order valence-corrected chi connectivity index (χ0v) is 13.0. The molecule has 0 atom stereocenters. The maximum absolute atomic E-state index is 4.73. The van der Waals surface area contributed by atoms with Crippen LogP contribution < -0.4 is 5.32 Å². The Hall–Kier alpha value is -1.61. The first-order valence-corrected chi connectivity index (χ1v) is 7.46. The van der Waals surface area contributed by atoms with Gasteiger partial charge in [0, 0.05) is 30.6 Å². The molecule has 1 aromatic heterocycles. The summed E-state index contributed by atoms with van der Waals surface area (Å²) in [6.45, 7) is 8.80. The number of pyridine rings is 1. The minimum atomic E-state index is 0.547. The molecule has 108 valence electrons. The Morgan fingerprint density at radius 3 is 2.65 bits per heavy atom. The fourth-order valence-electron chi connectivity index (χ4n) is 2.52. The van der Waals surface area contributed by atoms with Crippen LogP contribution in [-0.4, -0.2) is 29.5 Å². The second-order valence-electron chi connectivity index (χ2n) is 5.50. The predicted octanol–water partition coefficient (Wildman–Crippen LogP) is 3.90. The number of hydrogen-bond acceptors (Lipinski definition) is 3. The van der Waals surface area contributed by atoms with Crippen molar-refractivity contribution in [2.75, 3.05) is 18.9 Å². The van der Waals surface area contributed by atoms with Crippen molar-refractivity contribution in [1.82, 2.24) is 9.88 Å². The van der Waals surface area contributed by atoms with Gasteiger partial charge in [-0.3, -0.25) is 4.90 Å². The first-order valence-electron chi connectivity index (χ1n) is 7.46. The van der Waals surface area contributed by atoms with Crippen LogP contribution in [0.5, 0.6) is 0 Å². The zero-order valence-electron chi connectivity index (χ0n) is 13.0. The van der Waals surface area contributed by atoms with Crippen LogP contribution in [0.15, 0.2) is 30.3 Å². The zero-order chi connectivity index (χ0) is 14.5. The summed E-state index contributed by atoms with van der Waals surface area (Å²) >= 11 is 0. The van der Waals surface area contributed by atoms with Gasteiger partial charge in [-0.05, 0) is 38.9 Å². The van der Waals surface area contributed by atoms with Crippen molar-refractivity contribution in [3.8, 4) is 0 Å². The molecule has 0 bridgehead atoms. The van der Waals surface area contributed by atoms with Gasteiger partial charge in [0.1, 0.15) is 5.82 Å². The number of anilines is 1. The first kappa shape index (κ1) is 14.8. The number of aromatic nitrogens is 1. The van der Waals surface area contributed by atoms with Gasteiger partial charge in [-0.1, -0.05) is 25.1 Å². The van der Waals surface area contributed by atoms with Crippen LogP contribution in [0.1, 0.15) is 32.8 Å². The Balaban J connectivity index is 2.36. The number of nitrogens with one attached hydrogen (secondary N) is 1. The lowest BCUT2D eigenvalue weighted by atomic mass is 10.1. The number of hydrogen-bond donors (Lipinski definition) is 1. The lowest BCUT2D eigenvalue weighted by molar-refractivity contribution is 0.213. The normalized spacial score (nSPS) is 11.5. The summed E-state index contributed by atoms with van der Waals surface area (Å²) < 4.78 is 0. The van der Waals surface area contributed by atoms with Crippen molar-refractivity contribution in [3.63, 3.8) is 0 Å². The van der Waals surface area contributed by atoms with Crippen molar-refractivity contribution in [3.05, 3.63) is 35.9 Å². The molecule has 0 aliphatic heterocycles. The molecular weight excluding hydrogens is 246 g/mol. The molecule has 0 spiro atoms. The smallest absolute Gasteiger partial charge is 0.130 e. The molecule has 0 unspecified atom stereocenters. The van der Waals surface area contributed by atoms with Gasteiger partial charge in [-0.25, -0.2) is 4.98 Å². The average Bonchev–Trinajstić information content (AvgIpc) is 2.45. The van der Waals surface area contributed by atoms with E-state index in [0.29, 0.717) is 6.04 Å². The summed E-state index contributed by atoms with van der Waals surface area (Å²) in [6.07, 6.45) is 1.17. The van der Waals surface area contributed by atoms with Crippen LogP contribution in [0, 0.1) is 0 Å². The van der Waals surface area contributed by atoms with E-state index in [9.17, 15) is 0 Å². The van der Waals surface area contributed by atoms with Crippen LogP contribution in [0.4, 0.5) is 5.82 Å². The Bertz CT molecular complexity index is 563. The van der Waals surface area contributed by atoms with Crippen molar-refractivity contribution in [2.45, 2.75) is 39.8 Å². The molecule has 1 aromatic carbocycles. The average molecular weight is 271 g/mol. The van der Waals surface area contributed by atoms with Crippen molar-refractivity contribution in [1.29, 1.82) is 0 Å². The summed E-state index contributed by atoms with van der Waals surface area (Å²) in [5.74, 6) is 0.991. The van der Waals surface area contributed by atoms with Gasteiger partial charge in [0.05, 0.1) is 5.52 Å². The molecule has 0 fully saturated rings. The minimum Gasteiger partial charge on any atom is -0.373 e.